The fourth-order valence-electron chi connectivity index (χ4n) is 3.03. The predicted molar refractivity (Wildman–Crippen MR) is 117 cm³/mol. The minimum absolute atomic E-state index is 0. The van der Waals surface area contributed by atoms with E-state index in [-0.39, 0.29) is 30.1 Å². The quantitative estimate of drug-likeness (QED) is 0.359. The van der Waals surface area contributed by atoms with Crippen LogP contribution in [-0.4, -0.2) is 41.8 Å². The number of benzene rings is 1. The minimum Gasteiger partial charge on any atom is -0.494 e. The van der Waals surface area contributed by atoms with Crippen LogP contribution in [-0.2, 0) is 19.5 Å². The van der Waals surface area contributed by atoms with Crippen molar-refractivity contribution < 1.29 is 9.47 Å². The molecule has 0 fully saturated rings. The van der Waals surface area contributed by atoms with Crippen LogP contribution in [0.25, 0.3) is 0 Å². The van der Waals surface area contributed by atoms with Crippen molar-refractivity contribution in [2.45, 2.75) is 39.5 Å². The zero-order valence-corrected chi connectivity index (χ0v) is 18.4. The molecule has 1 aromatic carbocycles. The number of rotatable bonds is 7. The van der Waals surface area contributed by atoms with Crippen molar-refractivity contribution in [1.29, 1.82) is 0 Å². The summed E-state index contributed by atoms with van der Waals surface area (Å²) in [6.45, 7) is 6.93. The molecule has 2 aromatic rings. The van der Waals surface area contributed by atoms with Gasteiger partial charge in [0.1, 0.15) is 17.6 Å². The molecule has 1 atom stereocenters. The van der Waals surface area contributed by atoms with Crippen LogP contribution in [0.15, 0.2) is 35.8 Å². The summed E-state index contributed by atoms with van der Waals surface area (Å²) in [5, 5.41) is 6.65. The fraction of sp³-hybridized carbons (Fsp3) is 0.474. The monoisotopic (exact) mass is 485 g/mol. The van der Waals surface area contributed by atoms with Crippen LogP contribution in [0.2, 0.25) is 0 Å². The summed E-state index contributed by atoms with van der Waals surface area (Å²) in [5.41, 5.74) is 2.28. The molecule has 1 unspecified atom stereocenters. The molecule has 1 aliphatic rings. The number of ether oxygens (including phenoxy) is 2. The van der Waals surface area contributed by atoms with Gasteiger partial charge in [0.2, 0.25) is 0 Å². The standard InChI is InChI=1S/C19H27N5O2.HI/c1-4-25-17-10-15-9-14(2)26-18(15)11-16(17)12-23-19(20-3)22-6-8-24-7-5-21-13-24;/h5,7,10-11,13-14H,4,6,8-9,12H2,1-3H3,(H2,20,22,23);1H. The van der Waals surface area contributed by atoms with Gasteiger partial charge >= 0.3 is 0 Å². The highest BCUT2D eigenvalue weighted by Crippen LogP contribution is 2.35. The number of guanidine groups is 1. The Morgan fingerprint density at radius 2 is 2.26 bits per heavy atom. The molecule has 2 N–H and O–H groups in total. The molecule has 8 heteroatoms. The summed E-state index contributed by atoms with van der Waals surface area (Å²) in [5.74, 6) is 2.62. The van der Waals surface area contributed by atoms with Gasteiger partial charge in [0.05, 0.1) is 12.9 Å². The third kappa shape index (κ3) is 5.75. The molecule has 0 saturated heterocycles. The number of nitrogens with one attached hydrogen (secondary N) is 2. The van der Waals surface area contributed by atoms with E-state index < -0.39 is 0 Å². The first-order valence-electron chi connectivity index (χ1n) is 9.05. The molecule has 1 aliphatic heterocycles. The smallest absolute Gasteiger partial charge is 0.191 e. The Balaban J connectivity index is 0.00000261. The van der Waals surface area contributed by atoms with Crippen LogP contribution >= 0.6 is 24.0 Å². The summed E-state index contributed by atoms with van der Waals surface area (Å²) in [4.78, 5) is 8.32. The molecular weight excluding hydrogens is 457 g/mol. The lowest BCUT2D eigenvalue weighted by Gasteiger charge is -2.16. The van der Waals surface area contributed by atoms with Crippen molar-refractivity contribution in [3.63, 3.8) is 0 Å². The summed E-state index contributed by atoms with van der Waals surface area (Å²) in [6, 6.07) is 4.18. The highest BCUT2D eigenvalue weighted by Gasteiger charge is 2.21. The Morgan fingerprint density at radius 1 is 1.41 bits per heavy atom. The highest BCUT2D eigenvalue weighted by molar-refractivity contribution is 14.0. The largest absolute Gasteiger partial charge is 0.494 e. The van der Waals surface area contributed by atoms with Crippen molar-refractivity contribution in [3.8, 4) is 11.5 Å². The van der Waals surface area contributed by atoms with Crippen LogP contribution in [0.5, 0.6) is 11.5 Å². The van der Waals surface area contributed by atoms with E-state index in [0.717, 1.165) is 42.5 Å². The summed E-state index contributed by atoms with van der Waals surface area (Å²) in [6.07, 6.45) is 6.68. The highest BCUT2D eigenvalue weighted by atomic mass is 127. The van der Waals surface area contributed by atoms with Crippen LogP contribution in [0, 0.1) is 0 Å². The van der Waals surface area contributed by atoms with Crippen molar-refractivity contribution in [3.05, 3.63) is 42.0 Å². The number of halogens is 1. The van der Waals surface area contributed by atoms with Crippen LogP contribution in [0.3, 0.4) is 0 Å². The van der Waals surface area contributed by atoms with E-state index in [9.17, 15) is 0 Å². The van der Waals surface area contributed by atoms with Crippen molar-refractivity contribution in [2.75, 3.05) is 20.2 Å². The molecule has 0 radical (unpaired) electrons. The van der Waals surface area contributed by atoms with Crippen molar-refractivity contribution in [1.82, 2.24) is 20.2 Å². The van der Waals surface area contributed by atoms with Gasteiger partial charge < -0.3 is 24.7 Å². The molecule has 27 heavy (non-hydrogen) atoms. The molecule has 0 aliphatic carbocycles. The topological polar surface area (TPSA) is 72.7 Å². The molecule has 2 heterocycles. The zero-order valence-electron chi connectivity index (χ0n) is 16.1. The second kappa shape index (κ2) is 10.4. The summed E-state index contributed by atoms with van der Waals surface area (Å²) >= 11 is 0. The lowest BCUT2D eigenvalue weighted by molar-refractivity contribution is 0.254. The van der Waals surface area contributed by atoms with Gasteiger partial charge in [-0.1, -0.05) is 0 Å². The second-order valence-corrected chi connectivity index (χ2v) is 6.29. The first-order valence-corrected chi connectivity index (χ1v) is 9.05. The molecule has 0 bridgehead atoms. The zero-order chi connectivity index (χ0) is 18.4. The van der Waals surface area contributed by atoms with Crippen LogP contribution < -0.4 is 20.1 Å². The number of hydrogen-bond acceptors (Lipinski definition) is 4. The molecule has 0 spiro atoms. The van der Waals surface area contributed by atoms with Crippen LogP contribution in [0.4, 0.5) is 0 Å². The van der Waals surface area contributed by atoms with E-state index in [1.807, 2.05) is 17.7 Å². The number of hydrogen-bond donors (Lipinski definition) is 2. The summed E-state index contributed by atoms with van der Waals surface area (Å²) < 4.78 is 13.7. The maximum Gasteiger partial charge on any atom is 0.191 e. The first kappa shape index (κ1) is 21.3. The van der Waals surface area contributed by atoms with Crippen LogP contribution in [0.1, 0.15) is 25.0 Å². The van der Waals surface area contributed by atoms with Crippen molar-refractivity contribution >= 4 is 29.9 Å². The van der Waals surface area contributed by atoms with E-state index in [4.69, 9.17) is 9.47 Å². The SMILES string of the molecule is CCOc1cc2c(cc1CNC(=NC)NCCn1ccnc1)OC(C)C2.I. The third-order valence-electron chi connectivity index (χ3n) is 4.27. The molecule has 7 nitrogen and oxygen atoms in total. The fourth-order valence-corrected chi connectivity index (χ4v) is 3.03. The lowest BCUT2D eigenvalue weighted by Crippen LogP contribution is -2.38. The number of aromatic nitrogens is 2. The second-order valence-electron chi connectivity index (χ2n) is 6.29. The van der Waals surface area contributed by atoms with E-state index in [1.54, 1.807) is 19.6 Å². The molecule has 148 valence electrons. The Kier molecular flexibility index (Phi) is 8.21. The van der Waals surface area contributed by atoms with Gasteiger partial charge in [0.15, 0.2) is 5.96 Å². The average molecular weight is 485 g/mol. The molecule has 0 saturated carbocycles. The Hall–Kier alpha value is -1.97. The number of fused-ring (bicyclic) bond motifs is 1. The lowest BCUT2D eigenvalue weighted by atomic mass is 10.1. The van der Waals surface area contributed by atoms with Gasteiger partial charge in [-0.2, -0.15) is 0 Å². The molecule has 0 amide bonds. The van der Waals surface area contributed by atoms with Gasteiger partial charge in [-0.25, -0.2) is 4.98 Å². The third-order valence-corrected chi connectivity index (χ3v) is 4.27. The Morgan fingerprint density at radius 3 is 2.96 bits per heavy atom. The van der Waals surface area contributed by atoms with E-state index >= 15 is 0 Å². The maximum atomic E-state index is 5.88. The molecule has 1 aromatic heterocycles. The average Bonchev–Trinajstić information content (AvgIpc) is 3.26. The van der Waals surface area contributed by atoms with Gasteiger partial charge in [0.25, 0.3) is 0 Å². The van der Waals surface area contributed by atoms with Gasteiger partial charge in [0, 0.05) is 56.6 Å². The number of imidazole rings is 1. The van der Waals surface area contributed by atoms with E-state index in [1.165, 1.54) is 5.56 Å². The maximum absolute atomic E-state index is 5.88. The van der Waals surface area contributed by atoms with Crippen molar-refractivity contribution in [2.24, 2.45) is 4.99 Å². The predicted octanol–water partition coefficient (Wildman–Crippen LogP) is 2.59. The van der Waals surface area contributed by atoms with Gasteiger partial charge in [-0.15, -0.1) is 24.0 Å². The van der Waals surface area contributed by atoms with E-state index in [2.05, 4.69) is 39.7 Å². The molecule has 3 rings (SSSR count). The minimum atomic E-state index is 0. The molecular formula is C19H28IN5O2. The Labute approximate surface area is 177 Å². The van der Waals surface area contributed by atoms with E-state index in [0.29, 0.717) is 13.2 Å². The summed E-state index contributed by atoms with van der Waals surface area (Å²) in [7, 11) is 1.77. The number of aliphatic imine (C=N–C) groups is 1. The first-order chi connectivity index (χ1) is 12.7. The normalized spacial score (nSPS) is 15.5. The van der Waals surface area contributed by atoms with Gasteiger partial charge in [-0.05, 0) is 26.0 Å². The van der Waals surface area contributed by atoms with Gasteiger partial charge in [-0.3, -0.25) is 4.99 Å². The Bertz CT molecular complexity index is 749. The number of nitrogens with zero attached hydrogens (tertiary/aromatic N) is 3.